The predicted molar refractivity (Wildman–Crippen MR) is 75.5 cm³/mol. The molecule has 1 rings (SSSR count). The van der Waals surface area contributed by atoms with Gasteiger partial charge in [0, 0.05) is 38.1 Å². The van der Waals surface area contributed by atoms with E-state index in [-0.39, 0.29) is 0 Å². The van der Waals surface area contributed by atoms with Crippen molar-refractivity contribution >= 4 is 17.4 Å². The second-order valence-electron chi connectivity index (χ2n) is 4.24. The molecule has 0 fully saturated rings. The van der Waals surface area contributed by atoms with E-state index in [9.17, 15) is 0 Å². The van der Waals surface area contributed by atoms with Gasteiger partial charge in [0.05, 0.1) is 0 Å². The molecule has 0 amide bonds. The average molecular weight is 238 g/mol. The van der Waals surface area contributed by atoms with Crippen LogP contribution in [0.1, 0.15) is 12.5 Å². The van der Waals surface area contributed by atoms with E-state index in [0.717, 1.165) is 13.1 Å². The fourth-order valence-corrected chi connectivity index (χ4v) is 1.70. The smallest absolute Gasteiger partial charge is 0.0361 e. The highest BCUT2D eigenvalue weighted by atomic mass is 32.2. The van der Waals surface area contributed by atoms with Gasteiger partial charge in [0.25, 0.3) is 0 Å². The van der Waals surface area contributed by atoms with Gasteiger partial charge in [-0.05, 0) is 24.0 Å². The minimum Gasteiger partial charge on any atom is -0.378 e. The highest BCUT2D eigenvalue weighted by Gasteiger charge is 1.99. The molecule has 0 aliphatic carbocycles. The topological polar surface area (TPSA) is 15.3 Å². The van der Waals surface area contributed by atoms with Crippen LogP contribution in [0.5, 0.6) is 0 Å². The Kier molecular flexibility index (Phi) is 5.71. The quantitative estimate of drug-likeness (QED) is 0.820. The number of thioether (sulfide) groups is 1. The van der Waals surface area contributed by atoms with E-state index in [1.54, 1.807) is 0 Å². The van der Waals surface area contributed by atoms with Crippen LogP contribution in [0.15, 0.2) is 24.3 Å². The summed E-state index contributed by atoms with van der Waals surface area (Å²) in [6.07, 6.45) is 2.15. The lowest BCUT2D eigenvalue weighted by atomic mass is 10.2. The van der Waals surface area contributed by atoms with Crippen LogP contribution in [-0.4, -0.2) is 32.1 Å². The zero-order chi connectivity index (χ0) is 12.0. The molecule has 0 heterocycles. The second kappa shape index (κ2) is 6.81. The van der Waals surface area contributed by atoms with Crippen LogP contribution in [-0.2, 0) is 6.54 Å². The van der Waals surface area contributed by atoms with E-state index in [4.69, 9.17) is 0 Å². The van der Waals surface area contributed by atoms with Gasteiger partial charge in [-0.15, -0.1) is 0 Å². The van der Waals surface area contributed by atoms with E-state index < -0.39 is 0 Å². The lowest BCUT2D eigenvalue weighted by Crippen LogP contribution is -2.22. The molecule has 2 nitrogen and oxygen atoms in total. The Hall–Kier alpha value is -0.670. The molecule has 3 heteroatoms. The van der Waals surface area contributed by atoms with Crippen LogP contribution in [0, 0.1) is 0 Å². The van der Waals surface area contributed by atoms with Gasteiger partial charge in [0.1, 0.15) is 0 Å². The summed E-state index contributed by atoms with van der Waals surface area (Å²) in [5, 5.41) is 4.15. The van der Waals surface area contributed by atoms with Crippen molar-refractivity contribution in [3.05, 3.63) is 29.8 Å². The molecule has 0 aliphatic heterocycles. The molecular formula is C13H22N2S. The fraction of sp³-hybridized carbons (Fsp3) is 0.538. The van der Waals surface area contributed by atoms with E-state index in [2.05, 4.69) is 61.8 Å². The molecule has 1 aromatic carbocycles. The lowest BCUT2D eigenvalue weighted by molar-refractivity contribution is 0.684. The van der Waals surface area contributed by atoms with Crippen LogP contribution >= 0.6 is 11.8 Å². The van der Waals surface area contributed by atoms with E-state index in [1.165, 1.54) is 11.3 Å². The summed E-state index contributed by atoms with van der Waals surface area (Å²) in [7, 11) is 4.13. The summed E-state index contributed by atoms with van der Waals surface area (Å²) >= 11 is 1.90. The van der Waals surface area contributed by atoms with Gasteiger partial charge in [-0.1, -0.05) is 19.1 Å². The minimum absolute atomic E-state index is 0.682. The van der Waals surface area contributed by atoms with Crippen molar-refractivity contribution in [2.45, 2.75) is 18.7 Å². The molecule has 1 unspecified atom stereocenters. The molecule has 0 aromatic heterocycles. The van der Waals surface area contributed by atoms with Crippen molar-refractivity contribution in [3.8, 4) is 0 Å². The summed E-state index contributed by atoms with van der Waals surface area (Å²) in [5.41, 5.74) is 2.60. The van der Waals surface area contributed by atoms with Gasteiger partial charge >= 0.3 is 0 Å². The molecule has 16 heavy (non-hydrogen) atoms. The summed E-state index contributed by atoms with van der Waals surface area (Å²) < 4.78 is 0. The Bertz CT molecular complexity index is 295. The Morgan fingerprint density at radius 2 is 1.88 bits per heavy atom. The Balaban J connectivity index is 2.38. The van der Waals surface area contributed by atoms with Gasteiger partial charge in [0.15, 0.2) is 0 Å². The standard InChI is InChI=1S/C13H22N2S/c1-11(16-4)9-14-10-12-5-7-13(8-6-12)15(2)3/h5-8,11,14H,9-10H2,1-4H3. The Morgan fingerprint density at radius 1 is 1.25 bits per heavy atom. The molecule has 0 saturated carbocycles. The molecule has 90 valence electrons. The minimum atomic E-state index is 0.682. The first-order valence-corrected chi connectivity index (χ1v) is 6.92. The van der Waals surface area contributed by atoms with Crippen LogP contribution in [0.2, 0.25) is 0 Å². The van der Waals surface area contributed by atoms with E-state index in [1.807, 2.05) is 11.8 Å². The van der Waals surface area contributed by atoms with Gasteiger partial charge in [-0.3, -0.25) is 0 Å². The number of nitrogens with zero attached hydrogens (tertiary/aromatic N) is 1. The molecule has 0 bridgehead atoms. The number of rotatable bonds is 6. The SMILES string of the molecule is CSC(C)CNCc1ccc(N(C)C)cc1. The molecule has 0 spiro atoms. The summed E-state index contributed by atoms with van der Waals surface area (Å²) in [6, 6.07) is 8.70. The maximum Gasteiger partial charge on any atom is 0.0361 e. The Morgan fingerprint density at radius 3 is 2.38 bits per heavy atom. The number of hydrogen-bond donors (Lipinski definition) is 1. The monoisotopic (exact) mass is 238 g/mol. The number of nitrogens with one attached hydrogen (secondary N) is 1. The first-order chi connectivity index (χ1) is 7.63. The van der Waals surface area contributed by atoms with Crippen molar-refractivity contribution in [1.29, 1.82) is 0 Å². The van der Waals surface area contributed by atoms with Crippen LogP contribution in [0.25, 0.3) is 0 Å². The van der Waals surface area contributed by atoms with E-state index in [0.29, 0.717) is 5.25 Å². The highest BCUT2D eigenvalue weighted by molar-refractivity contribution is 7.99. The van der Waals surface area contributed by atoms with Gasteiger partial charge < -0.3 is 10.2 Å². The third kappa shape index (κ3) is 4.45. The first-order valence-electron chi connectivity index (χ1n) is 5.63. The first kappa shape index (κ1) is 13.4. The van der Waals surface area contributed by atoms with Gasteiger partial charge in [-0.25, -0.2) is 0 Å². The summed E-state index contributed by atoms with van der Waals surface area (Å²) in [5.74, 6) is 0. The normalized spacial score (nSPS) is 12.5. The van der Waals surface area contributed by atoms with Crippen LogP contribution < -0.4 is 10.2 Å². The number of anilines is 1. The highest BCUT2D eigenvalue weighted by Crippen LogP contribution is 2.12. The predicted octanol–water partition coefficient (Wildman–Crippen LogP) is 2.59. The third-order valence-corrected chi connectivity index (χ3v) is 3.59. The van der Waals surface area contributed by atoms with Crippen molar-refractivity contribution in [1.82, 2.24) is 5.32 Å². The maximum atomic E-state index is 3.47. The van der Waals surface area contributed by atoms with Crippen molar-refractivity contribution in [3.63, 3.8) is 0 Å². The van der Waals surface area contributed by atoms with Crippen molar-refractivity contribution < 1.29 is 0 Å². The second-order valence-corrected chi connectivity index (χ2v) is 5.51. The third-order valence-electron chi connectivity index (χ3n) is 2.62. The lowest BCUT2D eigenvalue weighted by Gasteiger charge is -2.13. The summed E-state index contributed by atoms with van der Waals surface area (Å²) in [6.45, 7) is 4.27. The van der Waals surface area contributed by atoms with Gasteiger partial charge in [-0.2, -0.15) is 11.8 Å². The van der Waals surface area contributed by atoms with Crippen molar-refractivity contribution in [2.24, 2.45) is 0 Å². The Labute approximate surface area is 103 Å². The fourth-order valence-electron chi connectivity index (χ4n) is 1.42. The molecule has 0 radical (unpaired) electrons. The maximum absolute atomic E-state index is 3.47. The van der Waals surface area contributed by atoms with Crippen LogP contribution in [0.3, 0.4) is 0 Å². The van der Waals surface area contributed by atoms with Crippen molar-refractivity contribution in [2.75, 3.05) is 31.8 Å². The average Bonchev–Trinajstić information content (AvgIpc) is 2.29. The molecule has 1 aromatic rings. The zero-order valence-corrected chi connectivity index (χ0v) is 11.5. The zero-order valence-electron chi connectivity index (χ0n) is 10.7. The molecule has 1 atom stereocenters. The summed E-state index contributed by atoms with van der Waals surface area (Å²) in [4.78, 5) is 2.12. The molecule has 0 saturated heterocycles. The molecule has 1 N–H and O–H groups in total. The molecule has 0 aliphatic rings. The largest absolute Gasteiger partial charge is 0.378 e. The van der Waals surface area contributed by atoms with E-state index >= 15 is 0 Å². The number of hydrogen-bond acceptors (Lipinski definition) is 3. The van der Waals surface area contributed by atoms with Gasteiger partial charge in [0.2, 0.25) is 0 Å². The molecular weight excluding hydrogens is 216 g/mol. The number of benzene rings is 1. The van der Waals surface area contributed by atoms with Crippen LogP contribution in [0.4, 0.5) is 5.69 Å².